The first-order valence-electron chi connectivity index (χ1n) is 8.98. The highest BCUT2D eigenvalue weighted by molar-refractivity contribution is 5.96. The molecule has 148 valence electrons. The van der Waals surface area contributed by atoms with Crippen molar-refractivity contribution >= 4 is 5.97 Å². The Morgan fingerprint density at radius 2 is 1.45 bits per heavy atom. The fourth-order valence-electron chi connectivity index (χ4n) is 3.79. The molecule has 29 heavy (non-hydrogen) atoms. The second-order valence-electron chi connectivity index (χ2n) is 6.57. The molecular weight excluding hydrogens is 372 g/mol. The SMILES string of the molecule is COc1ccc(C2(c3ccc(OC)cc3OC)OC(=O)c3ccccc32)c(O)c1. The molecule has 3 aromatic rings. The summed E-state index contributed by atoms with van der Waals surface area (Å²) in [4.78, 5) is 12.8. The molecule has 0 aromatic heterocycles. The lowest BCUT2D eigenvalue weighted by molar-refractivity contribution is 0.0239. The zero-order valence-electron chi connectivity index (χ0n) is 16.3. The van der Waals surface area contributed by atoms with Crippen LogP contribution in [0, 0.1) is 0 Å². The summed E-state index contributed by atoms with van der Waals surface area (Å²) in [7, 11) is 4.61. The Kier molecular flexibility index (Phi) is 4.54. The number of carbonyl (C=O) groups excluding carboxylic acids is 1. The molecule has 1 aliphatic rings. The number of hydrogen-bond acceptors (Lipinski definition) is 6. The van der Waals surface area contributed by atoms with Crippen molar-refractivity contribution in [2.75, 3.05) is 21.3 Å². The quantitative estimate of drug-likeness (QED) is 0.665. The molecule has 1 N–H and O–H groups in total. The van der Waals surface area contributed by atoms with Crippen LogP contribution >= 0.6 is 0 Å². The second-order valence-corrected chi connectivity index (χ2v) is 6.57. The van der Waals surface area contributed by atoms with Gasteiger partial charge in [-0.1, -0.05) is 18.2 Å². The molecule has 0 amide bonds. The zero-order valence-corrected chi connectivity index (χ0v) is 16.3. The van der Waals surface area contributed by atoms with E-state index in [1.807, 2.05) is 12.1 Å². The van der Waals surface area contributed by atoms with Gasteiger partial charge in [0, 0.05) is 28.8 Å². The topological polar surface area (TPSA) is 74.2 Å². The Bertz CT molecular complexity index is 1090. The van der Waals surface area contributed by atoms with Crippen molar-refractivity contribution in [3.05, 3.63) is 82.9 Å². The maximum absolute atomic E-state index is 12.8. The van der Waals surface area contributed by atoms with Gasteiger partial charge in [0.15, 0.2) is 5.60 Å². The maximum atomic E-state index is 12.8. The van der Waals surface area contributed by atoms with Crippen molar-refractivity contribution in [2.24, 2.45) is 0 Å². The van der Waals surface area contributed by atoms with E-state index in [0.717, 1.165) is 0 Å². The number of ether oxygens (including phenoxy) is 4. The molecule has 0 fully saturated rings. The smallest absolute Gasteiger partial charge is 0.340 e. The van der Waals surface area contributed by atoms with Crippen LogP contribution in [0.2, 0.25) is 0 Å². The molecule has 3 aromatic carbocycles. The van der Waals surface area contributed by atoms with Crippen LogP contribution in [-0.2, 0) is 10.3 Å². The van der Waals surface area contributed by atoms with Crippen LogP contribution in [0.25, 0.3) is 0 Å². The summed E-state index contributed by atoms with van der Waals surface area (Å²) in [6.45, 7) is 0. The van der Waals surface area contributed by atoms with Gasteiger partial charge in [0.1, 0.15) is 23.0 Å². The van der Waals surface area contributed by atoms with Crippen LogP contribution in [0.15, 0.2) is 60.7 Å². The Morgan fingerprint density at radius 1 is 0.793 bits per heavy atom. The molecule has 0 aliphatic carbocycles. The molecule has 0 spiro atoms. The Labute approximate surface area is 168 Å². The van der Waals surface area contributed by atoms with Gasteiger partial charge in [0.05, 0.1) is 26.9 Å². The minimum absolute atomic E-state index is 0.0632. The predicted octanol–water partition coefficient (Wildman–Crippen LogP) is 3.88. The van der Waals surface area contributed by atoms with E-state index in [0.29, 0.717) is 39.5 Å². The molecule has 6 heteroatoms. The van der Waals surface area contributed by atoms with Crippen LogP contribution in [-0.4, -0.2) is 32.4 Å². The normalized spacial score (nSPS) is 17.4. The second kappa shape index (κ2) is 7.05. The molecule has 0 saturated carbocycles. The predicted molar refractivity (Wildman–Crippen MR) is 106 cm³/mol. The summed E-state index contributed by atoms with van der Waals surface area (Å²) in [5.74, 6) is 1.00. The molecule has 0 saturated heterocycles. The number of carbonyl (C=O) groups is 1. The molecule has 4 rings (SSSR count). The number of methoxy groups -OCH3 is 3. The first kappa shape index (κ1) is 18.7. The molecule has 1 heterocycles. The average molecular weight is 392 g/mol. The number of hydrogen-bond donors (Lipinski definition) is 1. The first-order valence-corrected chi connectivity index (χ1v) is 8.98. The van der Waals surface area contributed by atoms with Crippen LogP contribution in [0.5, 0.6) is 23.0 Å². The Balaban J connectivity index is 2.07. The third kappa shape index (κ3) is 2.76. The lowest BCUT2D eigenvalue weighted by atomic mass is 9.79. The van der Waals surface area contributed by atoms with Crippen molar-refractivity contribution < 1.29 is 28.8 Å². The van der Waals surface area contributed by atoms with E-state index < -0.39 is 11.6 Å². The number of phenolic OH excluding ortho intramolecular Hbond substituents is 1. The van der Waals surface area contributed by atoms with Crippen molar-refractivity contribution in [3.8, 4) is 23.0 Å². The summed E-state index contributed by atoms with van der Waals surface area (Å²) >= 11 is 0. The summed E-state index contributed by atoms with van der Waals surface area (Å²) in [5, 5.41) is 10.8. The van der Waals surface area contributed by atoms with Gasteiger partial charge in [-0.25, -0.2) is 4.79 Å². The molecule has 0 bridgehead atoms. The van der Waals surface area contributed by atoms with Crippen molar-refractivity contribution in [1.29, 1.82) is 0 Å². The van der Waals surface area contributed by atoms with E-state index in [1.54, 1.807) is 49.6 Å². The Morgan fingerprint density at radius 3 is 2.10 bits per heavy atom. The molecule has 0 radical (unpaired) electrons. The lowest BCUT2D eigenvalue weighted by Crippen LogP contribution is -2.30. The van der Waals surface area contributed by atoms with E-state index in [2.05, 4.69) is 0 Å². The maximum Gasteiger partial charge on any atom is 0.340 e. The van der Waals surface area contributed by atoms with E-state index in [-0.39, 0.29) is 5.75 Å². The number of benzene rings is 3. The molecule has 1 aliphatic heterocycles. The van der Waals surface area contributed by atoms with Gasteiger partial charge in [-0.15, -0.1) is 0 Å². The third-order valence-electron chi connectivity index (χ3n) is 5.14. The van der Waals surface area contributed by atoms with Crippen molar-refractivity contribution in [2.45, 2.75) is 5.60 Å². The fourth-order valence-corrected chi connectivity index (χ4v) is 3.79. The Hall–Kier alpha value is -3.67. The average Bonchev–Trinajstić information content (AvgIpc) is 3.06. The van der Waals surface area contributed by atoms with Crippen LogP contribution < -0.4 is 14.2 Å². The number of aromatic hydroxyl groups is 1. The van der Waals surface area contributed by atoms with Gasteiger partial charge < -0.3 is 24.1 Å². The minimum atomic E-state index is -1.39. The van der Waals surface area contributed by atoms with Crippen LogP contribution in [0.3, 0.4) is 0 Å². The number of fused-ring (bicyclic) bond motifs is 1. The van der Waals surface area contributed by atoms with E-state index in [4.69, 9.17) is 18.9 Å². The van der Waals surface area contributed by atoms with Gasteiger partial charge >= 0.3 is 5.97 Å². The van der Waals surface area contributed by atoms with E-state index in [9.17, 15) is 9.90 Å². The molecule has 6 nitrogen and oxygen atoms in total. The number of esters is 1. The molecular formula is C23H20O6. The summed E-state index contributed by atoms with van der Waals surface area (Å²) in [6, 6.07) is 17.2. The summed E-state index contributed by atoms with van der Waals surface area (Å²) in [6.07, 6.45) is 0. The third-order valence-corrected chi connectivity index (χ3v) is 5.14. The minimum Gasteiger partial charge on any atom is -0.507 e. The monoisotopic (exact) mass is 392 g/mol. The van der Waals surface area contributed by atoms with Gasteiger partial charge in [0.25, 0.3) is 0 Å². The van der Waals surface area contributed by atoms with Crippen molar-refractivity contribution in [1.82, 2.24) is 0 Å². The van der Waals surface area contributed by atoms with Crippen molar-refractivity contribution in [3.63, 3.8) is 0 Å². The van der Waals surface area contributed by atoms with Gasteiger partial charge in [-0.3, -0.25) is 0 Å². The van der Waals surface area contributed by atoms with E-state index >= 15 is 0 Å². The number of cyclic esters (lactones) is 1. The number of phenols is 1. The first-order chi connectivity index (χ1) is 14.0. The molecule has 1 unspecified atom stereocenters. The van der Waals surface area contributed by atoms with Gasteiger partial charge in [0.2, 0.25) is 0 Å². The van der Waals surface area contributed by atoms with Crippen LogP contribution in [0.4, 0.5) is 0 Å². The highest BCUT2D eigenvalue weighted by atomic mass is 16.6. The lowest BCUT2D eigenvalue weighted by Gasteiger charge is -2.32. The highest BCUT2D eigenvalue weighted by Gasteiger charge is 2.51. The standard InChI is InChI=1S/C23H20O6/c1-26-14-8-10-18(20(24)12-14)23(17-7-5-4-6-16(17)22(25)29-23)19-11-9-15(27-2)13-21(19)28-3/h4-13,24H,1-3H3. The number of rotatable bonds is 5. The van der Waals surface area contributed by atoms with Gasteiger partial charge in [-0.2, -0.15) is 0 Å². The van der Waals surface area contributed by atoms with E-state index in [1.165, 1.54) is 20.3 Å². The summed E-state index contributed by atoms with van der Waals surface area (Å²) < 4.78 is 22.1. The largest absolute Gasteiger partial charge is 0.507 e. The molecule has 1 atom stereocenters. The summed E-state index contributed by atoms with van der Waals surface area (Å²) in [5.41, 5.74) is 0.635. The zero-order chi connectivity index (χ0) is 20.6. The van der Waals surface area contributed by atoms with Gasteiger partial charge in [-0.05, 0) is 30.3 Å². The highest BCUT2D eigenvalue weighted by Crippen LogP contribution is 2.52. The van der Waals surface area contributed by atoms with Crippen LogP contribution in [0.1, 0.15) is 27.0 Å². The fraction of sp³-hybridized carbons (Fsp3) is 0.174.